The van der Waals surface area contributed by atoms with Crippen molar-refractivity contribution >= 4 is 27.3 Å². The van der Waals surface area contributed by atoms with Gasteiger partial charge >= 0.3 is 0 Å². The predicted octanol–water partition coefficient (Wildman–Crippen LogP) is 4.36. The van der Waals surface area contributed by atoms with E-state index in [1.54, 1.807) is 11.3 Å². The van der Waals surface area contributed by atoms with Crippen molar-refractivity contribution in [1.82, 2.24) is 9.47 Å². The molecule has 0 N–H and O–H groups in total. The summed E-state index contributed by atoms with van der Waals surface area (Å²) in [4.78, 5) is 17.4. The van der Waals surface area contributed by atoms with Crippen molar-refractivity contribution in [3.8, 4) is 5.75 Å². The molecule has 0 amide bonds. The summed E-state index contributed by atoms with van der Waals surface area (Å²) < 4.78 is 13.4. The zero-order valence-electron chi connectivity index (χ0n) is 17.3. The minimum Gasteiger partial charge on any atom is -0.491 e. The van der Waals surface area contributed by atoms with Gasteiger partial charge in [0, 0.05) is 42.8 Å². The molecule has 5 nitrogen and oxygen atoms in total. The molecule has 3 aromatic rings. The van der Waals surface area contributed by atoms with Crippen LogP contribution in [-0.4, -0.2) is 54.2 Å². The average molecular weight is 413 g/mol. The Hall–Kier alpha value is -2.15. The summed E-state index contributed by atoms with van der Waals surface area (Å²) in [6, 6.07) is 11.6. The van der Waals surface area contributed by atoms with E-state index in [4.69, 9.17) is 9.47 Å². The van der Waals surface area contributed by atoms with E-state index in [9.17, 15) is 4.79 Å². The van der Waals surface area contributed by atoms with Gasteiger partial charge in [0.15, 0.2) is 0 Å². The van der Waals surface area contributed by atoms with Crippen LogP contribution in [0.2, 0.25) is 0 Å². The number of carbonyl (C=O) groups is 1. The highest BCUT2D eigenvalue weighted by molar-refractivity contribution is 7.20. The fourth-order valence-corrected chi connectivity index (χ4v) is 4.91. The normalized spacial score (nSPS) is 15.3. The second kappa shape index (κ2) is 8.69. The summed E-state index contributed by atoms with van der Waals surface area (Å²) in [5.74, 6) is 0.859. The van der Waals surface area contributed by atoms with Gasteiger partial charge in [-0.1, -0.05) is 0 Å². The number of hydrogen-bond donors (Lipinski definition) is 0. The first-order valence-corrected chi connectivity index (χ1v) is 11.0. The Morgan fingerprint density at radius 1 is 1.14 bits per heavy atom. The summed E-state index contributed by atoms with van der Waals surface area (Å²) in [6.07, 6.45) is 0.121. The van der Waals surface area contributed by atoms with Gasteiger partial charge in [0.1, 0.15) is 10.6 Å². The minimum atomic E-state index is 0.0691. The number of nitrogens with zero attached hydrogens (tertiary/aromatic N) is 2. The van der Waals surface area contributed by atoms with Crippen molar-refractivity contribution < 1.29 is 14.3 Å². The van der Waals surface area contributed by atoms with Crippen LogP contribution in [0.3, 0.4) is 0 Å². The van der Waals surface area contributed by atoms with Gasteiger partial charge in [0.05, 0.1) is 24.2 Å². The fourth-order valence-electron chi connectivity index (χ4n) is 3.73. The molecule has 0 spiro atoms. The van der Waals surface area contributed by atoms with Gasteiger partial charge < -0.3 is 14.0 Å². The highest BCUT2D eigenvalue weighted by Gasteiger charge is 2.17. The van der Waals surface area contributed by atoms with Crippen LogP contribution in [-0.2, 0) is 11.3 Å². The van der Waals surface area contributed by atoms with Crippen molar-refractivity contribution in [2.24, 2.45) is 0 Å². The minimum absolute atomic E-state index is 0.0691. The molecule has 0 radical (unpaired) electrons. The first-order valence-electron chi connectivity index (χ1n) is 10.2. The Balaban J connectivity index is 1.51. The quantitative estimate of drug-likeness (QED) is 0.541. The molecule has 4 rings (SSSR count). The first kappa shape index (κ1) is 20.1. The molecule has 29 heavy (non-hydrogen) atoms. The van der Waals surface area contributed by atoms with Crippen LogP contribution in [0.5, 0.6) is 5.75 Å². The standard InChI is InChI=1S/C23H28N2O3S/c1-16(2)28-20-6-4-18(5-7-20)22(26)21-15-19-14-17(3)25(23(19)29-21)9-8-24-10-12-27-13-11-24/h4-7,14-16H,8-13H2,1-3H3. The molecular formula is C23H28N2O3S. The largest absolute Gasteiger partial charge is 0.491 e. The number of ether oxygens (including phenoxy) is 2. The molecule has 154 valence electrons. The third-order valence-electron chi connectivity index (χ3n) is 5.23. The van der Waals surface area contributed by atoms with Gasteiger partial charge in [-0.15, -0.1) is 11.3 Å². The van der Waals surface area contributed by atoms with Crippen molar-refractivity contribution in [2.75, 3.05) is 32.8 Å². The molecule has 1 saturated heterocycles. The molecule has 0 saturated carbocycles. The third-order valence-corrected chi connectivity index (χ3v) is 6.40. The van der Waals surface area contributed by atoms with E-state index in [1.807, 2.05) is 44.2 Å². The van der Waals surface area contributed by atoms with E-state index in [-0.39, 0.29) is 11.9 Å². The van der Waals surface area contributed by atoms with Gasteiger partial charge in [0.25, 0.3) is 0 Å². The summed E-state index contributed by atoms with van der Waals surface area (Å²) in [6.45, 7) is 11.7. The molecule has 0 aliphatic carbocycles. The molecule has 1 aliphatic rings. The predicted molar refractivity (Wildman–Crippen MR) is 117 cm³/mol. The lowest BCUT2D eigenvalue weighted by molar-refractivity contribution is 0.0365. The lowest BCUT2D eigenvalue weighted by Crippen LogP contribution is -2.38. The molecule has 0 bridgehead atoms. The number of thiophene rings is 1. The van der Waals surface area contributed by atoms with Crippen LogP contribution >= 0.6 is 11.3 Å². The van der Waals surface area contributed by atoms with Crippen LogP contribution in [0.15, 0.2) is 36.4 Å². The molecule has 1 fully saturated rings. The van der Waals surface area contributed by atoms with E-state index >= 15 is 0 Å². The van der Waals surface area contributed by atoms with Crippen LogP contribution in [0.25, 0.3) is 10.2 Å². The first-order chi connectivity index (χ1) is 14.0. The van der Waals surface area contributed by atoms with Gasteiger partial charge in [-0.05, 0) is 57.2 Å². The third kappa shape index (κ3) is 4.55. The number of aryl methyl sites for hydroxylation is 1. The van der Waals surface area contributed by atoms with Gasteiger partial charge in [-0.3, -0.25) is 9.69 Å². The maximum atomic E-state index is 13.0. The van der Waals surface area contributed by atoms with Gasteiger partial charge in [0.2, 0.25) is 5.78 Å². The number of fused-ring (bicyclic) bond motifs is 1. The van der Waals surface area contributed by atoms with Crippen molar-refractivity contribution in [1.29, 1.82) is 0 Å². The van der Waals surface area contributed by atoms with E-state index in [0.717, 1.165) is 55.4 Å². The molecule has 1 aromatic carbocycles. The monoisotopic (exact) mass is 412 g/mol. The summed E-state index contributed by atoms with van der Waals surface area (Å²) in [5.41, 5.74) is 1.94. The van der Waals surface area contributed by atoms with Gasteiger partial charge in [-0.2, -0.15) is 0 Å². The number of benzene rings is 1. The zero-order valence-corrected chi connectivity index (χ0v) is 18.1. The maximum absolute atomic E-state index is 13.0. The number of rotatable bonds is 7. The maximum Gasteiger partial charge on any atom is 0.203 e. The SMILES string of the molecule is Cc1cc2cc(C(=O)c3ccc(OC(C)C)cc3)sc2n1CCN1CCOCC1. The van der Waals surface area contributed by atoms with E-state index in [0.29, 0.717) is 5.56 Å². The van der Waals surface area contributed by atoms with E-state index in [2.05, 4.69) is 22.5 Å². The molecule has 1 aliphatic heterocycles. The van der Waals surface area contributed by atoms with E-state index in [1.165, 1.54) is 10.5 Å². The van der Waals surface area contributed by atoms with Crippen molar-refractivity contribution in [2.45, 2.75) is 33.4 Å². The van der Waals surface area contributed by atoms with Crippen molar-refractivity contribution in [3.63, 3.8) is 0 Å². The molecule has 0 atom stereocenters. The molecule has 6 heteroatoms. The average Bonchev–Trinajstić information content (AvgIpc) is 3.24. The fraction of sp³-hybridized carbons (Fsp3) is 0.435. The van der Waals surface area contributed by atoms with Crippen LogP contribution in [0.1, 0.15) is 34.8 Å². The molecular weight excluding hydrogens is 384 g/mol. The lowest BCUT2D eigenvalue weighted by atomic mass is 10.1. The Labute approximate surface area is 175 Å². The Morgan fingerprint density at radius 2 is 1.86 bits per heavy atom. The molecule has 2 aromatic heterocycles. The number of ketones is 1. The second-order valence-corrected chi connectivity index (χ2v) is 8.81. The highest BCUT2D eigenvalue weighted by Crippen LogP contribution is 2.31. The topological polar surface area (TPSA) is 43.7 Å². The number of hydrogen-bond acceptors (Lipinski definition) is 5. The van der Waals surface area contributed by atoms with Crippen molar-refractivity contribution in [3.05, 3.63) is 52.5 Å². The molecule has 3 heterocycles. The number of carbonyl (C=O) groups excluding carboxylic acids is 1. The van der Waals surface area contributed by atoms with E-state index < -0.39 is 0 Å². The Bertz CT molecular complexity index is 982. The number of morpholine rings is 1. The zero-order chi connectivity index (χ0) is 20.4. The Kier molecular flexibility index (Phi) is 6.04. The summed E-state index contributed by atoms with van der Waals surface area (Å²) in [5, 5.41) is 1.15. The van der Waals surface area contributed by atoms with Crippen LogP contribution < -0.4 is 4.74 Å². The summed E-state index contributed by atoms with van der Waals surface area (Å²) >= 11 is 1.59. The van der Waals surface area contributed by atoms with Crippen LogP contribution in [0, 0.1) is 6.92 Å². The highest BCUT2D eigenvalue weighted by atomic mass is 32.1. The number of aromatic nitrogens is 1. The van der Waals surface area contributed by atoms with Gasteiger partial charge in [-0.25, -0.2) is 0 Å². The smallest absolute Gasteiger partial charge is 0.203 e. The second-order valence-electron chi connectivity index (χ2n) is 7.78. The summed E-state index contributed by atoms with van der Waals surface area (Å²) in [7, 11) is 0. The Morgan fingerprint density at radius 3 is 2.55 bits per heavy atom. The molecule has 0 unspecified atom stereocenters. The van der Waals surface area contributed by atoms with Crippen LogP contribution in [0.4, 0.5) is 0 Å². The lowest BCUT2D eigenvalue weighted by Gasteiger charge is -2.26.